The lowest BCUT2D eigenvalue weighted by Gasteiger charge is -2.37. The van der Waals surface area contributed by atoms with E-state index in [2.05, 4.69) is 5.32 Å². The van der Waals surface area contributed by atoms with Crippen LogP contribution < -0.4 is 15.0 Å². The molecule has 0 aliphatic carbocycles. The van der Waals surface area contributed by atoms with Gasteiger partial charge < -0.3 is 19.9 Å². The maximum atomic E-state index is 12.7. The predicted octanol–water partition coefficient (Wildman–Crippen LogP) is 3.90. The first-order chi connectivity index (χ1) is 13.8. The van der Waals surface area contributed by atoms with Gasteiger partial charge >= 0.3 is 5.97 Å². The highest BCUT2D eigenvalue weighted by molar-refractivity contribution is 7.80. The lowest BCUT2D eigenvalue weighted by molar-refractivity contribution is -0.136. The van der Waals surface area contributed by atoms with Crippen LogP contribution in [0.4, 0.5) is 5.69 Å². The van der Waals surface area contributed by atoms with E-state index in [1.54, 1.807) is 12.1 Å². The van der Waals surface area contributed by atoms with Crippen LogP contribution in [0.1, 0.15) is 29.7 Å². The van der Waals surface area contributed by atoms with Gasteiger partial charge in [-0.05, 0) is 73.9 Å². The molecule has 152 valence electrons. The van der Waals surface area contributed by atoms with Crippen molar-refractivity contribution < 1.29 is 19.4 Å². The molecule has 3 rings (SSSR count). The van der Waals surface area contributed by atoms with Gasteiger partial charge in [0.15, 0.2) is 16.6 Å². The molecule has 0 spiro atoms. The molecule has 1 aliphatic heterocycles. The normalized spacial score (nSPS) is 16.5. The fourth-order valence-electron chi connectivity index (χ4n) is 3.42. The van der Waals surface area contributed by atoms with Crippen molar-refractivity contribution in [2.75, 3.05) is 19.1 Å². The molecule has 0 fully saturated rings. The quantitative estimate of drug-likeness (QED) is 0.583. The van der Waals surface area contributed by atoms with Crippen molar-refractivity contribution in [1.29, 1.82) is 0 Å². The summed E-state index contributed by atoms with van der Waals surface area (Å²) in [6.45, 7) is 5.92. The number of methoxy groups -OCH3 is 2. The van der Waals surface area contributed by atoms with Crippen LogP contribution in [0, 0.1) is 13.8 Å². The van der Waals surface area contributed by atoms with Gasteiger partial charge in [0.05, 0.1) is 25.8 Å². The third-order valence-corrected chi connectivity index (χ3v) is 5.48. The summed E-state index contributed by atoms with van der Waals surface area (Å²) in [5, 5.41) is 13.6. The van der Waals surface area contributed by atoms with Gasteiger partial charge in [0.25, 0.3) is 0 Å². The van der Waals surface area contributed by atoms with Crippen LogP contribution in [0.15, 0.2) is 47.7 Å². The molecule has 1 heterocycles. The highest BCUT2D eigenvalue weighted by atomic mass is 32.1. The summed E-state index contributed by atoms with van der Waals surface area (Å²) in [6.07, 6.45) is 0. The Labute approximate surface area is 175 Å². The number of aromatic hydroxyl groups is 1. The van der Waals surface area contributed by atoms with Crippen LogP contribution in [0.3, 0.4) is 0 Å². The van der Waals surface area contributed by atoms with Gasteiger partial charge in [0, 0.05) is 11.4 Å². The molecule has 7 heteroatoms. The number of nitrogens with zero attached hydrogens (tertiary/aromatic N) is 1. The van der Waals surface area contributed by atoms with E-state index in [0.717, 1.165) is 16.8 Å². The molecule has 29 heavy (non-hydrogen) atoms. The lowest BCUT2D eigenvalue weighted by atomic mass is 9.94. The number of aryl methyl sites for hydroxylation is 2. The lowest BCUT2D eigenvalue weighted by Crippen LogP contribution is -2.48. The number of hydrogen-bond acceptors (Lipinski definition) is 5. The first-order valence-electron chi connectivity index (χ1n) is 9.12. The Morgan fingerprint density at radius 3 is 2.45 bits per heavy atom. The topological polar surface area (TPSA) is 71.0 Å². The Hall–Kier alpha value is -3.06. The van der Waals surface area contributed by atoms with Gasteiger partial charge in [-0.2, -0.15) is 0 Å². The number of thiocarbonyl (C=S) groups is 1. The van der Waals surface area contributed by atoms with E-state index >= 15 is 0 Å². The monoisotopic (exact) mass is 412 g/mol. The smallest absolute Gasteiger partial charge is 0.337 e. The second-order valence-electron chi connectivity index (χ2n) is 6.91. The van der Waals surface area contributed by atoms with E-state index in [0.29, 0.717) is 22.1 Å². The van der Waals surface area contributed by atoms with Crippen molar-refractivity contribution in [2.24, 2.45) is 0 Å². The molecule has 0 amide bonds. The number of ether oxygens (including phenoxy) is 2. The predicted molar refractivity (Wildman–Crippen MR) is 116 cm³/mol. The molecule has 0 aromatic heterocycles. The summed E-state index contributed by atoms with van der Waals surface area (Å²) in [5.41, 5.74) is 5.01. The zero-order valence-electron chi connectivity index (χ0n) is 17.1. The van der Waals surface area contributed by atoms with Crippen LogP contribution in [0.2, 0.25) is 0 Å². The molecule has 1 atom stereocenters. The minimum absolute atomic E-state index is 0.0201. The minimum Gasteiger partial charge on any atom is -0.504 e. The van der Waals surface area contributed by atoms with E-state index in [1.807, 2.05) is 43.9 Å². The number of phenolic OH excluding ortho intramolecular Hbond substituents is 1. The summed E-state index contributed by atoms with van der Waals surface area (Å²) in [4.78, 5) is 14.6. The number of phenols is 1. The standard InChI is InChI=1S/C22H24N2O4S/c1-12-6-8-16(10-13(12)2)24-14(3)19(21(26)28-5)20(23-22(24)29)15-7-9-17(25)18(11-15)27-4/h6-11,20,25H,1-5H3,(H,23,29)/t20-/m1/s1. The van der Waals surface area contributed by atoms with E-state index in [4.69, 9.17) is 21.7 Å². The van der Waals surface area contributed by atoms with Gasteiger partial charge in [-0.1, -0.05) is 12.1 Å². The van der Waals surface area contributed by atoms with Crippen LogP contribution in [-0.4, -0.2) is 30.4 Å². The number of rotatable bonds is 4. The summed E-state index contributed by atoms with van der Waals surface area (Å²) < 4.78 is 10.3. The molecule has 0 saturated heterocycles. The van der Waals surface area contributed by atoms with E-state index < -0.39 is 12.0 Å². The first-order valence-corrected chi connectivity index (χ1v) is 9.53. The highest BCUT2D eigenvalue weighted by Gasteiger charge is 2.35. The van der Waals surface area contributed by atoms with Crippen molar-refractivity contribution in [2.45, 2.75) is 26.8 Å². The second kappa shape index (κ2) is 8.13. The number of esters is 1. The van der Waals surface area contributed by atoms with Crippen molar-refractivity contribution in [3.05, 3.63) is 64.4 Å². The Morgan fingerprint density at radius 2 is 1.83 bits per heavy atom. The average Bonchev–Trinajstić information content (AvgIpc) is 2.70. The number of nitrogens with one attached hydrogen (secondary N) is 1. The van der Waals surface area contributed by atoms with Crippen molar-refractivity contribution in [3.8, 4) is 11.5 Å². The molecule has 2 aromatic carbocycles. The van der Waals surface area contributed by atoms with Gasteiger partial charge in [0.2, 0.25) is 0 Å². The number of allylic oxidation sites excluding steroid dienone is 1. The third-order valence-electron chi connectivity index (χ3n) is 5.18. The summed E-state index contributed by atoms with van der Waals surface area (Å²) in [6, 6.07) is 10.4. The van der Waals surface area contributed by atoms with Gasteiger partial charge in [-0.15, -0.1) is 0 Å². The van der Waals surface area contributed by atoms with Crippen molar-refractivity contribution in [1.82, 2.24) is 5.32 Å². The van der Waals surface area contributed by atoms with E-state index in [-0.39, 0.29) is 5.75 Å². The second-order valence-corrected chi connectivity index (χ2v) is 7.30. The molecule has 1 aliphatic rings. The molecule has 2 aromatic rings. The fraction of sp³-hybridized carbons (Fsp3) is 0.273. The third kappa shape index (κ3) is 3.78. The number of anilines is 1. The summed E-state index contributed by atoms with van der Waals surface area (Å²) in [5.74, 6) is -0.122. The molecule has 0 unspecified atom stereocenters. The summed E-state index contributed by atoms with van der Waals surface area (Å²) >= 11 is 5.65. The Bertz CT molecular complexity index is 1020. The average molecular weight is 413 g/mol. The molecular weight excluding hydrogens is 388 g/mol. The molecule has 2 N–H and O–H groups in total. The van der Waals surface area contributed by atoms with E-state index in [1.165, 1.54) is 25.8 Å². The maximum Gasteiger partial charge on any atom is 0.337 e. The van der Waals surface area contributed by atoms with Crippen molar-refractivity contribution in [3.63, 3.8) is 0 Å². The van der Waals surface area contributed by atoms with Gasteiger partial charge in [-0.25, -0.2) is 4.79 Å². The SMILES string of the molecule is COC(=O)C1=C(C)N(c2ccc(C)c(C)c2)C(=S)N[C@@H]1c1ccc(O)c(OC)c1. The van der Waals surface area contributed by atoms with Crippen LogP contribution >= 0.6 is 12.2 Å². The highest BCUT2D eigenvalue weighted by Crippen LogP contribution is 2.37. The Morgan fingerprint density at radius 1 is 1.10 bits per heavy atom. The number of benzene rings is 2. The number of carbonyl (C=O) groups excluding carboxylic acids is 1. The zero-order chi connectivity index (χ0) is 21.3. The molecule has 6 nitrogen and oxygen atoms in total. The van der Waals surface area contributed by atoms with Crippen LogP contribution in [-0.2, 0) is 9.53 Å². The first kappa shape index (κ1) is 20.7. The fourth-order valence-corrected chi connectivity index (χ4v) is 3.78. The van der Waals surface area contributed by atoms with Crippen LogP contribution in [0.5, 0.6) is 11.5 Å². The van der Waals surface area contributed by atoms with Crippen molar-refractivity contribution >= 4 is 29.0 Å². The maximum absolute atomic E-state index is 12.7. The summed E-state index contributed by atoms with van der Waals surface area (Å²) in [7, 11) is 2.83. The Kier molecular flexibility index (Phi) is 5.79. The van der Waals surface area contributed by atoms with Crippen LogP contribution in [0.25, 0.3) is 0 Å². The number of carbonyl (C=O) groups is 1. The van der Waals surface area contributed by atoms with Gasteiger partial charge in [-0.3, -0.25) is 4.90 Å². The van der Waals surface area contributed by atoms with Gasteiger partial charge in [0.1, 0.15) is 0 Å². The Balaban J connectivity index is 2.15. The number of hydrogen-bond donors (Lipinski definition) is 2. The molecule has 0 radical (unpaired) electrons. The largest absolute Gasteiger partial charge is 0.504 e. The van der Waals surface area contributed by atoms with E-state index in [9.17, 15) is 9.90 Å². The molecule has 0 saturated carbocycles. The molecule has 0 bridgehead atoms. The zero-order valence-corrected chi connectivity index (χ0v) is 17.9. The molecular formula is C22H24N2O4S. The minimum atomic E-state index is -0.535.